The number of hydrogen-bond donors (Lipinski definition) is 2. The highest BCUT2D eigenvalue weighted by atomic mass is 32.1. The Balaban J connectivity index is 1.43. The number of aryl methyl sites for hydroxylation is 1. The van der Waals surface area contributed by atoms with Gasteiger partial charge in [-0.1, -0.05) is 36.4 Å². The van der Waals surface area contributed by atoms with Crippen LogP contribution in [0.25, 0.3) is 0 Å². The molecule has 0 aromatic heterocycles. The summed E-state index contributed by atoms with van der Waals surface area (Å²) in [5.74, 6) is 1.11. The molecule has 3 rings (SSSR count). The van der Waals surface area contributed by atoms with Crippen LogP contribution in [0.15, 0.2) is 78.9 Å². The lowest BCUT2D eigenvalue weighted by Crippen LogP contribution is -2.34. The minimum atomic E-state index is -0.302. The largest absolute Gasteiger partial charge is 0.494 e. The van der Waals surface area contributed by atoms with Crippen molar-refractivity contribution in [1.29, 1.82) is 0 Å². The van der Waals surface area contributed by atoms with Crippen LogP contribution in [0.5, 0.6) is 11.5 Å². The predicted molar refractivity (Wildman–Crippen MR) is 134 cm³/mol. The van der Waals surface area contributed by atoms with Gasteiger partial charge in [-0.15, -0.1) is 0 Å². The predicted octanol–water partition coefficient (Wildman–Crippen LogP) is 4.85. The monoisotopic (exact) mass is 464 g/mol. The average Bonchev–Trinajstić information content (AvgIpc) is 2.83. The number of carbonyl (C=O) groups excluding carboxylic acids is 1. The van der Waals surface area contributed by atoms with Gasteiger partial charge in [0.25, 0.3) is 5.91 Å². The minimum Gasteiger partial charge on any atom is -0.494 e. The van der Waals surface area contributed by atoms with Gasteiger partial charge in [0.05, 0.1) is 13.2 Å². The summed E-state index contributed by atoms with van der Waals surface area (Å²) in [4.78, 5) is 12.5. The zero-order chi connectivity index (χ0) is 23.3. The molecule has 3 aromatic rings. The summed E-state index contributed by atoms with van der Waals surface area (Å²) in [7, 11) is 1.62. The lowest BCUT2D eigenvalue weighted by molar-refractivity contribution is 0.0977. The van der Waals surface area contributed by atoms with E-state index in [1.807, 2.05) is 42.5 Å². The van der Waals surface area contributed by atoms with Crippen molar-refractivity contribution in [1.82, 2.24) is 5.32 Å². The van der Waals surface area contributed by atoms with E-state index in [1.165, 1.54) is 5.56 Å². The van der Waals surface area contributed by atoms with Crippen molar-refractivity contribution < 1.29 is 19.0 Å². The molecule has 0 saturated heterocycles. The molecule has 0 aliphatic carbocycles. The van der Waals surface area contributed by atoms with Crippen molar-refractivity contribution in [2.75, 3.05) is 32.2 Å². The molecule has 0 spiro atoms. The third-order valence-corrected chi connectivity index (χ3v) is 4.92. The lowest BCUT2D eigenvalue weighted by atomic mass is 10.1. The van der Waals surface area contributed by atoms with Crippen LogP contribution in [0.4, 0.5) is 5.69 Å². The third kappa shape index (κ3) is 8.56. The standard InChI is InChI=1S/C26H28N2O4S/c1-30-17-18-32-23-14-12-21(13-15-23)25(29)28-26(33)27-22-10-5-11-24(19-22)31-16-6-9-20-7-3-2-4-8-20/h2-5,7-8,10-15,19H,6,9,16-18H2,1H3,(H2,27,28,29,33). The lowest BCUT2D eigenvalue weighted by Gasteiger charge is -2.12. The molecular formula is C26H28N2O4S. The van der Waals surface area contributed by atoms with Crippen molar-refractivity contribution in [3.8, 4) is 11.5 Å². The van der Waals surface area contributed by atoms with E-state index in [0.29, 0.717) is 31.1 Å². The fraction of sp³-hybridized carbons (Fsp3) is 0.231. The van der Waals surface area contributed by atoms with Gasteiger partial charge in [-0.25, -0.2) is 0 Å². The quantitative estimate of drug-likeness (QED) is 0.312. The number of thiocarbonyl (C=S) groups is 1. The molecule has 0 aliphatic rings. The number of nitrogens with one attached hydrogen (secondary N) is 2. The van der Waals surface area contributed by atoms with Crippen molar-refractivity contribution in [2.45, 2.75) is 12.8 Å². The zero-order valence-corrected chi connectivity index (χ0v) is 19.4. The Kier molecular flexibility index (Phi) is 9.69. The van der Waals surface area contributed by atoms with Crippen LogP contribution in [-0.4, -0.2) is 38.0 Å². The van der Waals surface area contributed by atoms with Crippen molar-refractivity contribution >= 4 is 28.9 Å². The van der Waals surface area contributed by atoms with Gasteiger partial charge in [-0.05, 0) is 67.0 Å². The van der Waals surface area contributed by atoms with E-state index in [0.717, 1.165) is 24.3 Å². The Morgan fingerprint density at radius 3 is 2.36 bits per heavy atom. The molecule has 0 saturated carbocycles. The number of rotatable bonds is 11. The molecule has 0 aliphatic heterocycles. The van der Waals surface area contributed by atoms with Gasteiger partial charge in [0.15, 0.2) is 5.11 Å². The summed E-state index contributed by atoms with van der Waals surface area (Å²) < 4.78 is 16.3. The first kappa shape index (κ1) is 24.2. The highest BCUT2D eigenvalue weighted by molar-refractivity contribution is 7.80. The van der Waals surface area contributed by atoms with Crippen LogP contribution < -0.4 is 20.1 Å². The molecule has 172 valence electrons. The van der Waals surface area contributed by atoms with E-state index in [9.17, 15) is 4.79 Å². The normalized spacial score (nSPS) is 10.3. The Morgan fingerprint density at radius 1 is 0.848 bits per heavy atom. The first-order chi connectivity index (χ1) is 16.1. The third-order valence-electron chi connectivity index (χ3n) is 4.71. The molecule has 1 amide bonds. The smallest absolute Gasteiger partial charge is 0.257 e. The minimum absolute atomic E-state index is 0.210. The summed E-state index contributed by atoms with van der Waals surface area (Å²) in [5.41, 5.74) is 2.52. The van der Waals surface area contributed by atoms with Gasteiger partial charge in [0, 0.05) is 24.4 Å². The number of anilines is 1. The van der Waals surface area contributed by atoms with Crippen LogP contribution in [0.1, 0.15) is 22.3 Å². The van der Waals surface area contributed by atoms with Gasteiger partial charge in [0.2, 0.25) is 0 Å². The Labute approximate surface area is 199 Å². The van der Waals surface area contributed by atoms with E-state index >= 15 is 0 Å². The van der Waals surface area contributed by atoms with Gasteiger partial charge >= 0.3 is 0 Å². The fourth-order valence-corrected chi connectivity index (χ4v) is 3.27. The summed E-state index contributed by atoms with van der Waals surface area (Å²) in [6.07, 6.45) is 1.89. The number of methoxy groups -OCH3 is 1. The second-order valence-electron chi connectivity index (χ2n) is 7.24. The molecule has 0 unspecified atom stereocenters. The molecule has 0 radical (unpaired) electrons. The molecule has 2 N–H and O–H groups in total. The van der Waals surface area contributed by atoms with Crippen LogP contribution >= 0.6 is 12.2 Å². The van der Waals surface area contributed by atoms with Gasteiger partial charge in [-0.3, -0.25) is 10.1 Å². The van der Waals surface area contributed by atoms with Crippen molar-refractivity contribution in [2.24, 2.45) is 0 Å². The number of ether oxygens (including phenoxy) is 3. The Bertz CT molecular complexity index is 1030. The first-order valence-electron chi connectivity index (χ1n) is 10.7. The maximum atomic E-state index is 12.5. The molecule has 7 heteroatoms. The fourth-order valence-electron chi connectivity index (χ4n) is 3.06. The summed E-state index contributed by atoms with van der Waals surface area (Å²) >= 11 is 5.29. The molecule has 33 heavy (non-hydrogen) atoms. The van der Waals surface area contributed by atoms with Gasteiger partial charge < -0.3 is 19.5 Å². The molecule has 0 atom stereocenters. The molecule has 0 heterocycles. The Morgan fingerprint density at radius 2 is 1.61 bits per heavy atom. The van der Waals surface area contributed by atoms with Gasteiger partial charge in [-0.2, -0.15) is 0 Å². The van der Waals surface area contributed by atoms with Crippen LogP contribution in [0, 0.1) is 0 Å². The maximum Gasteiger partial charge on any atom is 0.257 e. The molecule has 3 aromatic carbocycles. The summed E-state index contributed by atoms with van der Waals surface area (Å²) in [6, 6.07) is 24.7. The molecule has 0 bridgehead atoms. The highest BCUT2D eigenvalue weighted by Crippen LogP contribution is 2.18. The second-order valence-corrected chi connectivity index (χ2v) is 7.65. The van der Waals surface area contributed by atoms with Crippen LogP contribution in [0.2, 0.25) is 0 Å². The van der Waals surface area contributed by atoms with E-state index in [4.69, 9.17) is 26.4 Å². The summed E-state index contributed by atoms with van der Waals surface area (Å²) in [5, 5.41) is 5.92. The van der Waals surface area contributed by atoms with E-state index in [2.05, 4.69) is 22.8 Å². The van der Waals surface area contributed by atoms with Crippen molar-refractivity contribution in [3.05, 3.63) is 90.0 Å². The summed E-state index contributed by atoms with van der Waals surface area (Å²) in [6.45, 7) is 1.57. The van der Waals surface area contributed by atoms with Crippen LogP contribution in [-0.2, 0) is 11.2 Å². The highest BCUT2D eigenvalue weighted by Gasteiger charge is 2.09. The number of amides is 1. The van der Waals surface area contributed by atoms with Crippen molar-refractivity contribution in [3.63, 3.8) is 0 Å². The van der Waals surface area contributed by atoms with E-state index in [-0.39, 0.29) is 11.0 Å². The average molecular weight is 465 g/mol. The number of hydrogen-bond acceptors (Lipinski definition) is 5. The molecule has 6 nitrogen and oxygen atoms in total. The first-order valence-corrected chi connectivity index (χ1v) is 11.2. The number of carbonyl (C=O) groups is 1. The van der Waals surface area contributed by atoms with Gasteiger partial charge in [0.1, 0.15) is 18.1 Å². The maximum absolute atomic E-state index is 12.5. The second kappa shape index (κ2) is 13.2. The molecular weight excluding hydrogens is 436 g/mol. The SMILES string of the molecule is COCCOc1ccc(C(=O)NC(=S)Nc2cccc(OCCCc3ccccc3)c2)cc1. The molecule has 0 fully saturated rings. The van der Waals surface area contributed by atoms with E-state index in [1.54, 1.807) is 31.4 Å². The number of benzene rings is 3. The van der Waals surface area contributed by atoms with E-state index < -0.39 is 0 Å². The van der Waals surface area contributed by atoms with Crippen LogP contribution in [0.3, 0.4) is 0 Å². The topological polar surface area (TPSA) is 68.8 Å². The Hall–Kier alpha value is -3.42. The zero-order valence-electron chi connectivity index (χ0n) is 18.6.